The molecule has 4 aromatic rings. The van der Waals surface area contributed by atoms with Crippen LogP contribution in [0.2, 0.25) is 0 Å². The molecule has 0 aliphatic rings. The first-order chi connectivity index (χ1) is 11.9. The number of aryl methyl sites for hydroxylation is 4. The lowest BCUT2D eigenvalue weighted by atomic mass is 10.1. The van der Waals surface area contributed by atoms with Crippen LogP contribution in [0.4, 0.5) is 0 Å². The van der Waals surface area contributed by atoms with E-state index >= 15 is 0 Å². The molecule has 25 heavy (non-hydrogen) atoms. The van der Waals surface area contributed by atoms with Gasteiger partial charge in [0.1, 0.15) is 17.8 Å². The number of fused-ring (bicyclic) bond motifs is 2. The lowest BCUT2D eigenvalue weighted by molar-refractivity contribution is 0.167. The number of aromatic amines is 2. The number of nitrogens with one attached hydrogen (secondary N) is 2. The minimum absolute atomic E-state index is 0.393. The van der Waals surface area contributed by atoms with Gasteiger partial charge >= 0.3 is 0 Å². The van der Waals surface area contributed by atoms with Crippen molar-refractivity contribution in [2.24, 2.45) is 0 Å². The molecule has 0 amide bonds. The molecule has 2 heterocycles. The van der Waals surface area contributed by atoms with Crippen molar-refractivity contribution < 1.29 is 5.11 Å². The van der Waals surface area contributed by atoms with Crippen LogP contribution in [0.25, 0.3) is 22.1 Å². The molecule has 0 aliphatic heterocycles. The first-order valence-corrected chi connectivity index (χ1v) is 8.51. The molecule has 0 spiro atoms. The highest BCUT2D eigenvalue weighted by molar-refractivity contribution is 5.78. The van der Waals surface area contributed by atoms with Gasteiger partial charge in [-0.2, -0.15) is 0 Å². The Morgan fingerprint density at radius 3 is 1.96 bits per heavy atom. The third-order valence-corrected chi connectivity index (χ3v) is 4.96. The second-order valence-corrected chi connectivity index (χ2v) is 6.93. The van der Waals surface area contributed by atoms with Gasteiger partial charge in [-0.15, -0.1) is 0 Å². The molecule has 0 fully saturated rings. The summed E-state index contributed by atoms with van der Waals surface area (Å²) < 4.78 is 0. The number of aliphatic hydroxyl groups is 1. The van der Waals surface area contributed by atoms with Gasteiger partial charge in [-0.05, 0) is 74.2 Å². The molecule has 5 nitrogen and oxygen atoms in total. The van der Waals surface area contributed by atoms with Gasteiger partial charge in [0.25, 0.3) is 0 Å². The fraction of sp³-hybridized carbons (Fsp3) is 0.300. The van der Waals surface area contributed by atoms with E-state index in [1.807, 2.05) is 6.07 Å². The summed E-state index contributed by atoms with van der Waals surface area (Å²) in [5.41, 5.74) is 8.62. The summed E-state index contributed by atoms with van der Waals surface area (Å²) in [6.45, 7) is 8.31. The van der Waals surface area contributed by atoms with E-state index < -0.39 is 6.10 Å². The van der Waals surface area contributed by atoms with Gasteiger partial charge in [0, 0.05) is 6.42 Å². The number of H-pyrrole nitrogens is 2. The van der Waals surface area contributed by atoms with E-state index in [0.717, 1.165) is 27.9 Å². The SMILES string of the molecule is Cc1cc2nc(C[C@@H](O)c3nc4cc(C)c(C)cc4[nH]3)[nH]c2cc1C. The van der Waals surface area contributed by atoms with Crippen molar-refractivity contribution in [3.8, 4) is 0 Å². The zero-order chi connectivity index (χ0) is 17.7. The maximum Gasteiger partial charge on any atom is 0.136 e. The van der Waals surface area contributed by atoms with Gasteiger partial charge in [-0.1, -0.05) is 0 Å². The zero-order valence-corrected chi connectivity index (χ0v) is 14.9. The van der Waals surface area contributed by atoms with Crippen LogP contribution < -0.4 is 0 Å². The monoisotopic (exact) mass is 334 g/mol. The van der Waals surface area contributed by atoms with Gasteiger partial charge in [-0.3, -0.25) is 0 Å². The van der Waals surface area contributed by atoms with Gasteiger partial charge in [0.2, 0.25) is 0 Å². The van der Waals surface area contributed by atoms with Gasteiger partial charge < -0.3 is 15.1 Å². The van der Waals surface area contributed by atoms with Gasteiger partial charge in [0.15, 0.2) is 0 Å². The minimum atomic E-state index is -0.726. The largest absolute Gasteiger partial charge is 0.385 e. The number of rotatable bonds is 3. The van der Waals surface area contributed by atoms with E-state index in [4.69, 9.17) is 0 Å². The second kappa shape index (κ2) is 5.70. The Morgan fingerprint density at radius 2 is 1.32 bits per heavy atom. The van der Waals surface area contributed by atoms with Crippen LogP contribution in [-0.2, 0) is 6.42 Å². The van der Waals surface area contributed by atoms with Crippen molar-refractivity contribution in [2.75, 3.05) is 0 Å². The average molecular weight is 334 g/mol. The average Bonchev–Trinajstić information content (AvgIpc) is 3.11. The van der Waals surface area contributed by atoms with E-state index in [1.54, 1.807) is 0 Å². The molecule has 0 bridgehead atoms. The van der Waals surface area contributed by atoms with Gasteiger partial charge in [0.05, 0.1) is 22.1 Å². The Bertz CT molecular complexity index is 1010. The number of aliphatic hydroxyl groups excluding tert-OH is 1. The first-order valence-electron chi connectivity index (χ1n) is 8.51. The standard InChI is InChI=1S/C20H22N4O/c1-10-5-14-15(6-11(10)2)22-19(21-14)9-18(25)20-23-16-7-12(3)13(4)8-17(16)24-20/h5-8,18,25H,9H2,1-4H3,(H,21,22)(H,23,24)/t18-/m1/s1. The summed E-state index contributed by atoms with van der Waals surface area (Å²) in [6.07, 6.45) is -0.333. The highest BCUT2D eigenvalue weighted by atomic mass is 16.3. The molecule has 0 unspecified atom stereocenters. The lowest BCUT2D eigenvalue weighted by Crippen LogP contribution is -2.05. The zero-order valence-electron chi connectivity index (χ0n) is 14.9. The Labute approximate surface area is 146 Å². The van der Waals surface area contributed by atoms with Crippen molar-refractivity contribution in [1.82, 2.24) is 19.9 Å². The summed E-state index contributed by atoms with van der Waals surface area (Å²) in [5.74, 6) is 1.34. The van der Waals surface area contributed by atoms with Crippen LogP contribution >= 0.6 is 0 Å². The van der Waals surface area contributed by atoms with E-state index in [2.05, 4.69) is 65.8 Å². The summed E-state index contributed by atoms with van der Waals surface area (Å²) in [5, 5.41) is 10.6. The number of aromatic nitrogens is 4. The van der Waals surface area contributed by atoms with Crippen molar-refractivity contribution >= 4 is 22.1 Å². The Balaban J connectivity index is 1.64. The molecular formula is C20H22N4O. The van der Waals surface area contributed by atoms with Crippen LogP contribution in [0.15, 0.2) is 24.3 Å². The molecule has 0 saturated heterocycles. The van der Waals surface area contributed by atoms with Crippen LogP contribution in [0.3, 0.4) is 0 Å². The normalized spacial score (nSPS) is 13.0. The van der Waals surface area contributed by atoms with Crippen molar-refractivity contribution in [1.29, 1.82) is 0 Å². The molecule has 4 rings (SSSR count). The van der Waals surface area contributed by atoms with E-state index in [9.17, 15) is 5.11 Å². The Morgan fingerprint density at radius 1 is 0.800 bits per heavy atom. The van der Waals surface area contributed by atoms with Crippen LogP contribution in [-0.4, -0.2) is 25.0 Å². The topological polar surface area (TPSA) is 77.6 Å². The Hall–Kier alpha value is -2.66. The van der Waals surface area contributed by atoms with Crippen molar-refractivity contribution in [2.45, 2.75) is 40.2 Å². The molecule has 3 N–H and O–H groups in total. The predicted octanol–water partition coefficient (Wildman–Crippen LogP) is 3.95. The quantitative estimate of drug-likeness (QED) is 0.531. The highest BCUT2D eigenvalue weighted by Gasteiger charge is 2.16. The van der Waals surface area contributed by atoms with E-state index in [1.165, 1.54) is 22.3 Å². The summed E-state index contributed by atoms with van der Waals surface area (Å²) in [4.78, 5) is 15.7. The van der Waals surface area contributed by atoms with Crippen molar-refractivity contribution in [3.05, 3.63) is 58.2 Å². The summed E-state index contributed by atoms with van der Waals surface area (Å²) in [6, 6.07) is 8.29. The number of hydrogen-bond donors (Lipinski definition) is 3. The lowest BCUT2D eigenvalue weighted by Gasteiger charge is -2.04. The third-order valence-electron chi connectivity index (χ3n) is 4.96. The van der Waals surface area contributed by atoms with Gasteiger partial charge in [-0.25, -0.2) is 9.97 Å². The first kappa shape index (κ1) is 15.8. The fourth-order valence-electron chi connectivity index (χ4n) is 3.15. The van der Waals surface area contributed by atoms with Crippen LogP contribution in [0, 0.1) is 27.7 Å². The molecular weight excluding hydrogens is 312 g/mol. The summed E-state index contributed by atoms with van der Waals surface area (Å²) >= 11 is 0. The maximum absolute atomic E-state index is 10.6. The number of nitrogens with zero attached hydrogens (tertiary/aromatic N) is 2. The fourth-order valence-corrected chi connectivity index (χ4v) is 3.15. The minimum Gasteiger partial charge on any atom is -0.385 e. The molecule has 0 saturated carbocycles. The number of imidazole rings is 2. The smallest absolute Gasteiger partial charge is 0.136 e. The molecule has 2 aromatic carbocycles. The molecule has 1 atom stereocenters. The van der Waals surface area contributed by atoms with Crippen molar-refractivity contribution in [3.63, 3.8) is 0 Å². The maximum atomic E-state index is 10.6. The molecule has 0 aliphatic carbocycles. The Kier molecular flexibility index (Phi) is 3.62. The molecule has 128 valence electrons. The van der Waals surface area contributed by atoms with Crippen LogP contribution in [0.5, 0.6) is 0 Å². The number of benzene rings is 2. The molecule has 5 heteroatoms. The third kappa shape index (κ3) is 2.81. The molecule has 2 aromatic heterocycles. The van der Waals surface area contributed by atoms with Crippen LogP contribution in [0.1, 0.15) is 40.0 Å². The van der Waals surface area contributed by atoms with E-state index in [-0.39, 0.29) is 0 Å². The predicted molar refractivity (Wildman–Crippen MR) is 99.8 cm³/mol. The second-order valence-electron chi connectivity index (χ2n) is 6.93. The number of hydrogen-bond acceptors (Lipinski definition) is 3. The van der Waals surface area contributed by atoms with E-state index in [0.29, 0.717) is 12.2 Å². The molecule has 0 radical (unpaired) electrons. The summed E-state index contributed by atoms with van der Waals surface area (Å²) in [7, 11) is 0. The highest BCUT2D eigenvalue weighted by Crippen LogP contribution is 2.23.